The first-order valence-corrected chi connectivity index (χ1v) is 11.7. The van der Waals surface area contributed by atoms with Gasteiger partial charge in [-0.15, -0.1) is 0 Å². The first kappa shape index (κ1) is 20.1. The van der Waals surface area contributed by atoms with Crippen molar-refractivity contribution in [2.24, 2.45) is 23.7 Å². The fourth-order valence-electron chi connectivity index (χ4n) is 6.04. The lowest BCUT2D eigenvalue weighted by Gasteiger charge is -2.54. The Kier molecular flexibility index (Phi) is 5.65. The maximum Gasteiger partial charge on any atom is 0.530 e. The number of ether oxygens (including phenoxy) is 2. The molecule has 156 valence electrons. The van der Waals surface area contributed by atoms with E-state index >= 15 is 0 Å². The molecule has 4 fully saturated rings. The molecule has 4 aliphatic carbocycles. The predicted octanol–water partition coefficient (Wildman–Crippen LogP) is 5.41. The lowest BCUT2D eigenvalue weighted by molar-refractivity contribution is -0.00290. The van der Waals surface area contributed by atoms with Gasteiger partial charge in [0, 0.05) is 7.11 Å². The third kappa shape index (κ3) is 3.55. The molecule has 1 aromatic carbocycles. The average Bonchev–Trinajstić information content (AvgIpc) is 2.68. The van der Waals surface area contributed by atoms with Gasteiger partial charge in [0.15, 0.2) is 11.5 Å². The Bertz CT molecular complexity index is 710. The summed E-state index contributed by atoms with van der Waals surface area (Å²) in [5.74, 6) is 5.12. The largest absolute Gasteiger partial charge is 0.530 e. The molecule has 4 aliphatic rings. The van der Waals surface area contributed by atoms with Gasteiger partial charge in [-0.1, -0.05) is 0 Å². The second kappa shape index (κ2) is 7.89. The Morgan fingerprint density at radius 2 is 1.46 bits per heavy atom. The minimum Gasteiger partial charge on any atom is -0.493 e. The molecular formula is C21H31O6P. The highest BCUT2D eigenvalue weighted by atomic mass is 31.2. The highest BCUT2D eigenvalue weighted by Crippen LogP contribution is 2.61. The molecule has 4 bridgehead atoms. The van der Waals surface area contributed by atoms with Gasteiger partial charge in [-0.25, -0.2) is 4.57 Å². The molecule has 0 saturated heterocycles. The van der Waals surface area contributed by atoms with Gasteiger partial charge in [-0.2, -0.15) is 0 Å². The van der Waals surface area contributed by atoms with E-state index in [2.05, 4.69) is 0 Å². The van der Waals surface area contributed by atoms with Crippen molar-refractivity contribution in [3.63, 3.8) is 0 Å². The van der Waals surface area contributed by atoms with Gasteiger partial charge in [0.1, 0.15) is 0 Å². The zero-order valence-corrected chi connectivity index (χ0v) is 18.1. The molecule has 7 heteroatoms. The Morgan fingerprint density at radius 1 is 0.929 bits per heavy atom. The smallest absolute Gasteiger partial charge is 0.493 e. The third-order valence-corrected chi connectivity index (χ3v) is 8.24. The molecule has 5 rings (SSSR count). The van der Waals surface area contributed by atoms with Crippen molar-refractivity contribution >= 4 is 7.82 Å². The second-order valence-corrected chi connectivity index (χ2v) is 10.1. The van der Waals surface area contributed by atoms with E-state index in [0.29, 0.717) is 17.4 Å². The molecule has 1 atom stereocenters. The van der Waals surface area contributed by atoms with Crippen LogP contribution in [0, 0.1) is 23.7 Å². The predicted molar refractivity (Wildman–Crippen MR) is 106 cm³/mol. The summed E-state index contributed by atoms with van der Waals surface area (Å²) in [6.07, 6.45) is 6.78. The minimum atomic E-state index is -3.73. The van der Waals surface area contributed by atoms with Crippen LogP contribution in [-0.4, -0.2) is 27.9 Å². The van der Waals surface area contributed by atoms with E-state index in [9.17, 15) is 4.57 Å². The molecule has 0 N–H and O–H groups in total. The zero-order valence-electron chi connectivity index (χ0n) is 17.2. The number of benzene rings is 1. The van der Waals surface area contributed by atoms with E-state index in [1.165, 1.54) is 44.8 Å². The van der Waals surface area contributed by atoms with Crippen molar-refractivity contribution in [1.82, 2.24) is 0 Å². The third-order valence-electron chi connectivity index (χ3n) is 6.81. The number of hydrogen-bond acceptors (Lipinski definition) is 6. The van der Waals surface area contributed by atoms with Gasteiger partial charge in [0.05, 0.1) is 20.8 Å². The van der Waals surface area contributed by atoms with Gasteiger partial charge < -0.3 is 14.0 Å². The molecular weight excluding hydrogens is 379 g/mol. The van der Waals surface area contributed by atoms with Crippen molar-refractivity contribution in [3.8, 4) is 17.2 Å². The maximum absolute atomic E-state index is 12.7. The van der Waals surface area contributed by atoms with Gasteiger partial charge in [0.2, 0.25) is 5.75 Å². The van der Waals surface area contributed by atoms with E-state index in [-0.39, 0.29) is 12.4 Å². The highest BCUT2D eigenvalue weighted by molar-refractivity contribution is 7.48. The summed E-state index contributed by atoms with van der Waals surface area (Å²) < 4.78 is 39.8. The van der Waals surface area contributed by atoms with Crippen LogP contribution >= 0.6 is 7.82 Å². The summed E-state index contributed by atoms with van der Waals surface area (Å²) in [4.78, 5) is 0. The zero-order chi connectivity index (χ0) is 19.9. The van der Waals surface area contributed by atoms with E-state index in [1.54, 1.807) is 21.1 Å². The van der Waals surface area contributed by atoms with E-state index in [4.69, 9.17) is 23.0 Å². The van der Waals surface area contributed by atoms with Crippen LogP contribution < -0.4 is 14.0 Å². The number of hydrogen-bond donors (Lipinski definition) is 0. The number of phosphoric acid groups is 1. The summed E-state index contributed by atoms with van der Waals surface area (Å²) in [6, 6.07) is 4.05. The molecule has 0 aliphatic heterocycles. The van der Waals surface area contributed by atoms with Crippen molar-refractivity contribution in [3.05, 3.63) is 17.7 Å². The molecule has 0 amide bonds. The van der Waals surface area contributed by atoms with Crippen molar-refractivity contribution < 1.29 is 27.6 Å². The van der Waals surface area contributed by atoms with Crippen LogP contribution in [0.1, 0.15) is 50.5 Å². The molecule has 28 heavy (non-hydrogen) atoms. The van der Waals surface area contributed by atoms with Crippen LogP contribution in [0.15, 0.2) is 12.1 Å². The van der Waals surface area contributed by atoms with Gasteiger partial charge in [-0.3, -0.25) is 9.05 Å². The topological polar surface area (TPSA) is 63.2 Å². The molecule has 4 saturated carbocycles. The molecule has 1 aromatic rings. The van der Waals surface area contributed by atoms with E-state index in [0.717, 1.165) is 23.7 Å². The number of methoxy groups -OCH3 is 2. The molecule has 6 nitrogen and oxygen atoms in total. The van der Waals surface area contributed by atoms with Gasteiger partial charge in [-0.05, 0) is 86.3 Å². The lowest BCUT2D eigenvalue weighted by Crippen LogP contribution is -2.43. The van der Waals surface area contributed by atoms with Crippen LogP contribution in [0.25, 0.3) is 0 Å². The fourth-order valence-corrected chi connectivity index (χ4v) is 6.99. The molecule has 0 radical (unpaired) electrons. The monoisotopic (exact) mass is 410 g/mol. The molecule has 1 unspecified atom stereocenters. The first-order chi connectivity index (χ1) is 13.5. The fraction of sp³-hybridized carbons (Fsp3) is 0.714. The van der Waals surface area contributed by atoms with Crippen LogP contribution in [-0.2, 0) is 13.6 Å². The Hall–Kier alpha value is -1.23. The molecule has 0 aromatic heterocycles. The Balaban J connectivity index is 1.68. The Labute approximate surface area is 167 Å². The van der Waals surface area contributed by atoms with Gasteiger partial charge >= 0.3 is 7.82 Å². The lowest BCUT2D eigenvalue weighted by atomic mass is 9.51. The van der Waals surface area contributed by atoms with Crippen molar-refractivity contribution in [2.45, 2.75) is 44.9 Å². The summed E-state index contributed by atoms with van der Waals surface area (Å²) in [7, 11) is 0.741. The first-order valence-electron chi connectivity index (χ1n) is 10.3. The quantitative estimate of drug-likeness (QED) is 0.534. The summed E-state index contributed by atoms with van der Waals surface area (Å²) in [5.41, 5.74) is 1.23. The van der Waals surface area contributed by atoms with Gasteiger partial charge in [0.25, 0.3) is 0 Å². The summed E-state index contributed by atoms with van der Waals surface area (Å²) in [6.45, 7) is 1.95. The molecule has 0 heterocycles. The SMILES string of the molecule is CCOP(=O)(OC)Oc1c(OC)cc(C2C3CC4CC(C3)CC2C4)cc1OC. The van der Waals surface area contributed by atoms with Crippen LogP contribution in [0.4, 0.5) is 0 Å². The van der Waals surface area contributed by atoms with Crippen molar-refractivity contribution in [2.75, 3.05) is 27.9 Å². The summed E-state index contributed by atoms with van der Waals surface area (Å²) >= 11 is 0. The second-order valence-electron chi connectivity index (χ2n) is 8.35. The average molecular weight is 410 g/mol. The van der Waals surface area contributed by atoms with Crippen LogP contribution in [0.3, 0.4) is 0 Å². The molecule has 0 spiro atoms. The standard InChI is InChI=1S/C21H31O6P/c1-5-26-28(22,25-4)27-21-18(23-2)11-17(12-19(21)24-3)20-15-7-13-6-14(9-15)10-16(20)8-13/h11-16,20H,5-10H2,1-4H3. The Morgan fingerprint density at radius 3 is 1.89 bits per heavy atom. The van der Waals surface area contributed by atoms with Crippen LogP contribution in [0.5, 0.6) is 17.2 Å². The van der Waals surface area contributed by atoms with Crippen LogP contribution in [0.2, 0.25) is 0 Å². The summed E-state index contributed by atoms with van der Waals surface area (Å²) in [5, 5.41) is 0. The number of phosphoric ester groups is 1. The number of rotatable bonds is 8. The van der Waals surface area contributed by atoms with Crippen molar-refractivity contribution in [1.29, 1.82) is 0 Å². The maximum atomic E-state index is 12.7. The van der Waals surface area contributed by atoms with E-state index in [1.807, 2.05) is 12.1 Å². The minimum absolute atomic E-state index is 0.210. The normalized spacial score (nSPS) is 32.8. The van der Waals surface area contributed by atoms with E-state index < -0.39 is 7.82 Å². The highest BCUT2D eigenvalue weighted by Gasteiger charge is 2.49.